The van der Waals surface area contributed by atoms with Gasteiger partial charge in [-0.25, -0.2) is 8.42 Å². The zero-order chi connectivity index (χ0) is 21.3. The molecule has 10 heteroatoms. The summed E-state index contributed by atoms with van der Waals surface area (Å²) in [7, 11) is -2.18. The highest BCUT2D eigenvalue weighted by molar-refractivity contribution is 9.10. The first kappa shape index (κ1) is 21.5. The van der Waals surface area contributed by atoms with Crippen LogP contribution in [0.2, 0.25) is 0 Å². The number of aromatic nitrogens is 1. The van der Waals surface area contributed by atoms with E-state index >= 15 is 0 Å². The van der Waals surface area contributed by atoms with Gasteiger partial charge in [0.15, 0.2) is 0 Å². The minimum absolute atomic E-state index is 0.0298. The van der Waals surface area contributed by atoms with Crippen LogP contribution in [0.3, 0.4) is 0 Å². The molecule has 0 aliphatic carbocycles. The maximum Gasteiger partial charge on any atom is 0.265 e. The van der Waals surface area contributed by atoms with Crippen molar-refractivity contribution in [3.8, 4) is 0 Å². The summed E-state index contributed by atoms with van der Waals surface area (Å²) in [6, 6.07) is 6.90. The van der Waals surface area contributed by atoms with Gasteiger partial charge < -0.3 is 15.6 Å². The second-order valence-electron chi connectivity index (χ2n) is 7.16. The Morgan fingerprint density at radius 2 is 1.86 bits per heavy atom. The van der Waals surface area contributed by atoms with E-state index in [9.17, 15) is 18.0 Å². The smallest absolute Gasteiger partial charge is 0.265 e. The predicted octanol–water partition coefficient (Wildman–Crippen LogP) is 2.23. The van der Waals surface area contributed by atoms with Gasteiger partial charge in [0.2, 0.25) is 15.9 Å². The first-order valence-electron chi connectivity index (χ1n) is 9.13. The minimum Gasteiger partial charge on any atom is -0.364 e. The van der Waals surface area contributed by atoms with Crippen molar-refractivity contribution in [2.45, 2.75) is 24.7 Å². The van der Waals surface area contributed by atoms with E-state index in [1.807, 2.05) is 25.1 Å². The summed E-state index contributed by atoms with van der Waals surface area (Å²) in [5, 5.41) is 2.93. The standard InChI is InChI=1S/C19H23BrN4O4S/c1-12-9-14(20)3-4-16(12)22-19(26)13-5-7-24(8-6-13)29(27,28)15-10-17(18(21)25)23(2)11-15/h3-4,9-11,13H,5-8H2,1-2H3,(H2,21,25)(H,22,26). The highest BCUT2D eigenvalue weighted by Gasteiger charge is 2.33. The first-order valence-corrected chi connectivity index (χ1v) is 11.4. The highest BCUT2D eigenvalue weighted by atomic mass is 79.9. The molecule has 1 saturated heterocycles. The number of benzene rings is 1. The van der Waals surface area contributed by atoms with Gasteiger partial charge in [-0.05, 0) is 49.6 Å². The van der Waals surface area contributed by atoms with Crippen LogP contribution in [0, 0.1) is 12.8 Å². The maximum atomic E-state index is 12.9. The molecule has 1 fully saturated rings. The predicted molar refractivity (Wildman–Crippen MR) is 113 cm³/mol. The van der Waals surface area contributed by atoms with Crippen LogP contribution in [0.25, 0.3) is 0 Å². The lowest BCUT2D eigenvalue weighted by Crippen LogP contribution is -2.41. The first-order chi connectivity index (χ1) is 13.6. The van der Waals surface area contributed by atoms with Gasteiger partial charge in [-0.15, -0.1) is 0 Å². The minimum atomic E-state index is -3.75. The van der Waals surface area contributed by atoms with E-state index in [0.717, 1.165) is 15.7 Å². The van der Waals surface area contributed by atoms with Crippen molar-refractivity contribution in [2.24, 2.45) is 18.7 Å². The SMILES string of the molecule is Cc1cc(Br)ccc1NC(=O)C1CCN(S(=O)(=O)c2cc(C(N)=O)n(C)c2)CC1. The van der Waals surface area contributed by atoms with Crippen molar-refractivity contribution < 1.29 is 18.0 Å². The number of amides is 2. The normalized spacial score (nSPS) is 16.0. The van der Waals surface area contributed by atoms with Gasteiger partial charge in [-0.2, -0.15) is 4.31 Å². The number of anilines is 1. The molecule has 0 radical (unpaired) electrons. The van der Waals surface area contributed by atoms with Gasteiger partial charge in [0.1, 0.15) is 10.6 Å². The number of aryl methyl sites for hydroxylation is 2. The Kier molecular flexibility index (Phi) is 6.16. The summed E-state index contributed by atoms with van der Waals surface area (Å²) >= 11 is 3.40. The maximum absolute atomic E-state index is 12.9. The van der Waals surface area contributed by atoms with Crippen molar-refractivity contribution in [3.63, 3.8) is 0 Å². The van der Waals surface area contributed by atoms with Crippen molar-refractivity contribution in [1.82, 2.24) is 8.87 Å². The van der Waals surface area contributed by atoms with Crippen LogP contribution in [0.1, 0.15) is 28.9 Å². The Bertz CT molecular complexity index is 1060. The Balaban J connectivity index is 1.65. The van der Waals surface area contributed by atoms with Crippen molar-refractivity contribution in [2.75, 3.05) is 18.4 Å². The number of carbonyl (C=O) groups is 2. The van der Waals surface area contributed by atoms with Crippen molar-refractivity contribution in [3.05, 3.63) is 46.2 Å². The highest BCUT2D eigenvalue weighted by Crippen LogP contribution is 2.27. The van der Waals surface area contributed by atoms with E-state index in [2.05, 4.69) is 21.2 Å². The third-order valence-corrected chi connectivity index (χ3v) is 7.50. The topological polar surface area (TPSA) is 114 Å². The monoisotopic (exact) mass is 482 g/mol. The molecule has 1 aromatic heterocycles. The van der Waals surface area contributed by atoms with Crippen LogP contribution in [0.15, 0.2) is 39.8 Å². The van der Waals surface area contributed by atoms with Crippen LogP contribution in [0.4, 0.5) is 5.69 Å². The number of carbonyl (C=O) groups excluding carboxylic acids is 2. The number of hydrogen-bond acceptors (Lipinski definition) is 4. The summed E-state index contributed by atoms with van der Waals surface area (Å²) in [5.41, 5.74) is 7.09. The zero-order valence-electron chi connectivity index (χ0n) is 16.2. The third-order valence-electron chi connectivity index (χ3n) is 5.14. The van der Waals surface area contributed by atoms with Gasteiger partial charge >= 0.3 is 0 Å². The number of rotatable bonds is 5. The van der Waals surface area contributed by atoms with E-state index < -0.39 is 15.9 Å². The fourth-order valence-corrected chi connectivity index (χ4v) is 5.45. The lowest BCUT2D eigenvalue weighted by Gasteiger charge is -2.30. The number of sulfonamides is 1. The fraction of sp³-hybridized carbons (Fsp3) is 0.368. The van der Waals surface area contributed by atoms with Crippen LogP contribution < -0.4 is 11.1 Å². The largest absolute Gasteiger partial charge is 0.364 e. The summed E-state index contributed by atoms with van der Waals surface area (Å²) in [4.78, 5) is 24.0. The Morgan fingerprint density at radius 1 is 1.21 bits per heavy atom. The number of nitrogens with zero attached hydrogens (tertiary/aromatic N) is 2. The average molecular weight is 483 g/mol. The lowest BCUT2D eigenvalue weighted by atomic mass is 9.97. The molecule has 29 heavy (non-hydrogen) atoms. The molecular formula is C19H23BrN4O4S. The molecule has 0 spiro atoms. The Labute approximate surface area is 178 Å². The molecule has 0 saturated carbocycles. The number of halogens is 1. The van der Waals surface area contributed by atoms with E-state index in [1.54, 1.807) is 7.05 Å². The number of nitrogens with two attached hydrogens (primary N) is 1. The van der Waals surface area contributed by atoms with Crippen molar-refractivity contribution in [1.29, 1.82) is 0 Å². The van der Waals surface area contributed by atoms with Crippen LogP contribution in [0.5, 0.6) is 0 Å². The number of nitrogens with one attached hydrogen (secondary N) is 1. The fourth-order valence-electron chi connectivity index (χ4n) is 3.43. The molecule has 8 nitrogen and oxygen atoms in total. The third kappa shape index (κ3) is 4.54. The molecule has 2 aromatic rings. The van der Waals surface area contributed by atoms with Crippen molar-refractivity contribution >= 4 is 43.5 Å². The Morgan fingerprint density at radius 3 is 2.41 bits per heavy atom. The molecule has 3 N–H and O–H groups in total. The lowest BCUT2D eigenvalue weighted by molar-refractivity contribution is -0.120. The van der Waals surface area contributed by atoms with Crippen LogP contribution in [-0.2, 0) is 21.9 Å². The molecule has 1 aliphatic rings. The second-order valence-corrected chi connectivity index (χ2v) is 10.0. The molecule has 0 bridgehead atoms. The summed E-state index contributed by atoms with van der Waals surface area (Å²) in [6.45, 7) is 2.39. The number of primary amides is 1. The van der Waals surface area contributed by atoms with E-state index in [4.69, 9.17) is 5.73 Å². The number of piperidine rings is 1. The summed E-state index contributed by atoms with van der Waals surface area (Å²) < 4.78 is 29.4. The molecule has 1 aliphatic heterocycles. The molecule has 0 unspecified atom stereocenters. The van der Waals surface area contributed by atoms with Gasteiger partial charge in [0.05, 0.1) is 0 Å². The van der Waals surface area contributed by atoms with Gasteiger partial charge in [-0.3, -0.25) is 9.59 Å². The van der Waals surface area contributed by atoms with Gasteiger partial charge in [-0.1, -0.05) is 15.9 Å². The van der Waals surface area contributed by atoms with Crippen LogP contribution in [-0.4, -0.2) is 42.2 Å². The van der Waals surface area contributed by atoms with Crippen LogP contribution >= 0.6 is 15.9 Å². The Hall–Kier alpha value is -2.17. The molecule has 156 valence electrons. The second kappa shape index (κ2) is 8.29. The molecule has 2 amide bonds. The van der Waals surface area contributed by atoms with E-state index in [-0.39, 0.29) is 35.5 Å². The molecule has 1 aromatic carbocycles. The summed E-state index contributed by atoms with van der Waals surface area (Å²) in [6.07, 6.45) is 2.23. The quantitative estimate of drug-likeness (QED) is 0.679. The average Bonchev–Trinajstić information content (AvgIpc) is 3.07. The summed E-state index contributed by atoms with van der Waals surface area (Å²) in [5.74, 6) is -1.06. The van der Waals surface area contributed by atoms with Gasteiger partial charge in [0.25, 0.3) is 5.91 Å². The van der Waals surface area contributed by atoms with E-state index in [0.29, 0.717) is 12.8 Å². The molecular weight excluding hydrogens is 460 g/mol. The van der Waals surface area contributed by atoms with E-state index in [1.165, 1.54) is 21.1 Å². The molecule has 0 atom stereocenters. The van der Waals surface area contributed by atoms with Gasteiger partial charge in [0, 0.05) is 42.4 Å². The molecule has 3 rings (SSSR count). The molecule has 2 heterocycles. The zero-order valence-corrected chi connectivity index (χ0v) is 18.6. The number of hydrogen-bond donors (Lipinski definition) is 2.